The summed E-state index contributed by atoms with van der Waals surface area (Å²) in [6.07, 6.45) is 5.91. The number of amides is 1. The second-order valence-electron chi connectivity index (χ2n) is 6.88. The van der Waals surface area contributed by atoms with E-state index in [0.29, 0.717) is 13.0 Å². The maximum absolute atomic E-state index is 12.3. The number of aliphatic hydroxyl groups is 1. The molecule has 134 valence electrons. The Bertz CT molecular complexity index is 860. The van der Waals surface area contributed by atoms with Gasteiger partial charge in [-0.3, -0.25) is 4.90 Å². The Morgan fingerprint density at radius 3 is 2.85 bits per heavy atom. The second kappa shape index (κ2) is 6.61. The smallest absolute Gasteiger partial charge is 0.418 e. The number of carbonyl (C=O) groups excluding carboxylic acids is 1. The first-order chi connectivity index (χ1) is 12.6. The van der Waals surface area contributed by atoms with E-state index in [1.165, 1.54) is 10.5 Å². The van der Waals surface area contributed by atoms with Crippen LogP contribution in [0.15, 0.2) is 60.8 Å². The van der Waals surface area contributed by atoms with Gasteiger partial charge < -0.3 is 9.84 Å². The Kier molecular flexibility index (Phi) is 4.29. The average Bonchev–Trinajstić information content (AvgIpc) is 2.67. The van der Waals surface area contributed by atoms with E-state index < -0.39 is 11.7 Å². The highest BCUT2D eigenvalue weighted by molar-refractivity contribution is 5.92. The molecule has 26 heavy (non-hydrogen) atoms. The minimum Gasteiger partial charge on any atom is -0.449 e. The fourth-order valence-corrected chi connectivity index (χ4v) is 4.26. The van der Waals surface area contributed by atoms with Gasteiger partial charge in [-0.05, 0) is 48.9 Å². The molecule has 4 heteroatoms. The summed E-state index contributed by atoms with van der Waals surface area (Å²) < 4.78 is 5.17. The van der Waals surface area contributed by atoms with Crippen LogP contribution in [-0.2, 0) is 16.8 Å². The van der Waals surface area contributed by atoms with Crippen molar-refractivity contribution in [3.8, 4) is 0 Å². The zero-order chi connectivity index (χ0) is 18.1. The zero-order valence-electron chi connectivity index (χ0n) is 14.9. The van der Waals surface area contributed by atoms with Crippen LogP contribution in [0.1, 0.15) is 42.4 Å². The van der Waals surface area contributed by atoms with Crippen molar-refractivity contribution in [1.82, 2.24) is 0 Å². The van der Waals surface area contributed by atoms with Crippen molar-refractivity contribution in [2.45, 2.75) is 37.7 Å². The standard InChI is InChI=1S/C22H23NO3/c1-2-26-21(24)23-15-13-19(17-10-4-6-12-20(17)23)22(25)14-7-9-16-8-3-5-11-18(16)22/h3-6,8,10-13,15,19,25H,2,7,9,14H2,1H3. The number of carbonyl (C=O) groups is 1. The molecule has 0 saturated heterocycles. The molecule has 2 aromatic carbocycles. The topological polar surface area (TPSA) is 49.8 Å². The first-order valence-electron chi connectivity index (χ1n) is 9.19. The molecule has 1 aliphatic heterocycles. The monoisotopic (exact) mass is 349 g/mol. The average molecular weight is 349 g/mol. The molecule has 0 aromatic heterocycles. The predicted octanol–water partition coefficient (Wildman–Crippen LogP) is 4.48. The number of anilines is 1. The highest BCUT2D eigenvalue weighted by Gasteiger charge is 2.43. The molecule has 4 nitrogen and oxygen atoms in total. The van der Waals surface area contributed by atoms with Crippen molar-refractivity contribution in [2.75, 3.05) is 11.5 Å². The van der Waals surface area contributed by atoms with Crippen molar-refractivity contribution in [2.24, 2.45) is 0 Å². The van der Waals surface area contributed by atoms with Crippen LogP contribution in [0, 0.1) is 0 Å². The summed E-state index contributed by atoms with van der Waals surface area (Å²) in [4.78, 5) is 13.8. The highest BCUT2D eigenvalue weighted by Crippen LogP contribution is 2.49. The number of fused-ring (bicyclic) bond motifs is 2. The third-order valence-corrected chi connectivity index (χ3v) is 5.43. The molecule has 1 heterocycles. The fourth-order valence-electron chi connectivity index (χ4n) is 4.26. The highest BCUT2D eigenvalue weighted by atomic mass is 16.6. The van der Waals surface area contributed by atoms with Gasteiger partial charge in [0, 0.05) is 12.1 Å². The molecule has 2 unspecified atom stereocenters. The van der Waals surface area contributed by atoms with Crippen LogP contribution in [0.2, 0.25) is 0 Å². The van der Waals surface area contributed by atoms with E-state index in [9.17, 15) is 9.90 Å². The Morgan fingerprint density at radius 2 is 2.00 bits per heavy atom. The Morgan fingerprint density at radius 1 is 1.23 bits per heavy atom. The molecular formula is C22H23NO3. The minimum absolute atomic E-state index is 0.203. The molecular weight excluding hydrogens is 326 g/mol. The summed E-state index contributed by atoms with van der Waals surface area (Å²) in [5, 5.41) is 11.7. The van der Waals surface area contributed by atoms with Gasteiger partial charge in [0.1, 0.15) is 5.60 Å². The molecule has 0 spiro atoms. The van der Waals surface area contributed by atoms with Crippen molar-refractivity contribution in [1.29, 1.82) is 0 Å². The van der Waals surface area contributed by atoms with E-state index in [4.69, 9.17) is 4.74 Å². The first-order valence-corrected chi connectivity index (χ1v) is 9.19. The summed E-state index contributed by atoms with van der Waals surface area (Å²) in [5.74, 6) is -0.203. The van der Waals surface area contributed by atoms with Crippen LogP contribution < -0.4 is 4.90 Å². The predicted molar refractivity (Wildman–Crippen MR) is 101 cm³/mol. The van der Waals surface area contributed by atoms with Gasteiger partial charge in [0.25, 0.3) is 0 Å². The second-order valence-corrected chi connectivity index (χ2v) is 6.88. The zero-order valence-corrected chi connectivity index (χ0v) is 14.9. The van der Waals surface area contributed by atoms with Crippen molar-refractivity contribution in [3.63, 3.8) is 0 Å². The Labute approximate surface area is 153 Å². The molecule has 1 N–H and O–H groups in total. The lowest BCUT2D eigenvalue weighted by atomic mass is 9.68. The van der Waals surface area contributed by atoms with E-state index in [1.807, 2.05) is 48.5 Å². The van der Waals surface area contributed by atoms with Gasteiger partial charge in [0.15, 0.2) is 0 Å². The van der Waals surface area contributed by atoms with E-state index in [1.54, 1.807) is 13.1 Å². The number of aryl methyl sites for hydroxylation is 1. The molecule has 0 bridgehead atoms. The molecule has 2 aromatic rings. The number of nitrogens with zero attached hydrogens (tertiary/aromatic N) is 1. The summed E-state index contributed by atoms with van der Waals surface area (Å²) in [5.41, 5.74) is 2.96. The number of hydrogen-bond donors (Lipinski definition) is 1. The molecule has 2 atom stereocenters. The van der Waals surface area contributed by atoms with Gasteiger partial charge in [-0.2, -0.15) is 0 Å². The van der Waals surface area contributed by atoms with Crippen LogP contribution in [0.3, 0.4) is 0 Å². The normalized spacial score (nSPS) is 23.9. The lowest BCUT2D eigenvalue weighted by Crippen LogP contribution is -2.39. The number of hydrogen-bond acceptors (Lipinski definition) is 3. The summed E-state index contributed by atoms with van der Waals surface area (Å²) in [6.45, 7) is 2.12. The van der Waals surface area contributed by atoms with Crippen LogP contribution in [0.4, 0.5) is 10.5 Å². The van der Waals surface area contributed by atoms with E-state index in [2.05, 4.69) is 6.07 Å². The molecule has 4 rings (SSSR count). The molecule has 1 amide bonds. The van der Waals surface area contributed by atoms with Crippen LogP contribution >= 0.6 is 0 Å². The fraction of sp³-hybridized carbons (Fsp3) is 0.318. The van der Waals surface area contributed by atoms with Crippen LogP contribution in [0.25, 0.3) is 0 Å². The molecule has 0 radical (unpaired) electrons. The largest absolute Gasteiger partial charge is 0.449 e. The van der Waals surface area contributed by atoms with E-state index in [-0.39, 0.29) is 5.92 Å². The van der Waals surface area contributed by atoms with Gasteiger partial charge in [0.2, 0.25) is 0 Å². The lowest BCUT2D eigenvalue weighted by Gasteiger charge is -2.42. The summed E-state index contributed by atoms with van der Waals surface area (Å²) >= 11 is 0. The van der Waals surface area contributed by atoms with Crippen LogP contribution in [0.5, 0.6) is 0 Å². The van der Waals surface area contributed by atoms with Crippen molar-refractivity contribution < 1.29 is 14.6 Å². The van der Waals surface area contributed by atoms with Gasteiger partial charge >= 0.3 is 6.09 Å². The molecule has 0 saturated carbocycles. The Balaban J connectivity index is 1.80. The van der Waals surface area contributed by atoms with E-state index >= 15 is 0 Å². The van der Waals surface area contributed by atoms with Gasteiger partial charge in [0.05, 0.1) is 12.3 Å². The minimum atomic E-state index is -0.970. The van der Waals surface area contributed by atoms with Gasteiger partial charge in [-0.25, -0.2) is 4.79 Å². The van der Waals surface area contributed by atoms with E-state index in [0.717, 1.165) is 29.7 Å². The number of rotatable bonds is 2. The van der Waals surface area contributed by atoms with Gasteiger partial charge in [-0.15, -0.1) is 0 Å². The molecule has 2 aliphatic rings. The number of para-hydroxylation sites is 1. The third kappa shape index (κ3) is 2.61. The summed E-state index contributed by atoms with van der Waals surface area (Å²) in [6, 6.07) is 15.9. The number of ether oxygens (including phenoxy) is 1. The van der Waals surface area contributed by atoms with Crippen molar-refractivity contribution in [3.05, 3.63) is 77.5 Å². The van der Waals surface area contributed by atoms with Gasteiger partial charge in [-0.1, -0.05) is 48.5 Å². The lowest BCUT2D eigenvalue weighted by molar-refractivity contribution is 0.00383. The van der Waals surface area contributed by atoms with Crippen LogP contribution in [-0.4, -0.2) is 17.8 Å². The Hall–Kier alpha value is -2.59. The first kappa shape index (κ1) is 16.9. The maximum atomic E-state index is 12.3. The molecule has 0 fully saturated rings. The number of benzene rings is 2. The molecule has 1 aliphatic carbocycles. The quantitative estimate of drug-likeness (QED) is 0.869. The third-order valence-electron chi connectivity index (χ3n) is 5.43. The maximum Gasteiger partial charge on any atom is 0.418 e. The SMILES string of the molecule is CCOC(=O)N1C=CC(C2(O)CCCc3ccccc32)c2ccccc21. The summed E-state index contributed by atoms with van der Waals surface area (Å²) in [7, 11) is 0. The van der Waals surface area contributed by atoms with Crippen molar-refractivity contribution >= 4 is 11.8 Å².